The molecule has 1 aromatic rings. The summed E-state index contributed by atoms with van der Waals surface area (Å²) in [6.45, 7) is 3.76. The lowest BCUT2D eigenvalue weighted by Gasteiger charge is -2.06. The van der Waals surface area contributed by atoms with E-state index in [1.807, 2.05) is 0 Å². The van der Waals surface area contributed by atoms with Crippen LogP contribution < -0.4 is 0 Å². The predicted molar refractivity (Wildman–Crippen MR) is 53.4 cm³/mol. The summed E-state index contributed by atoms with van der Waals surface area (Å²) in [6.07, 6.45) is 0.117. The number of aromatic nitrogens is 2. The molecule has 1 heterocycles. The number of aliphatic carboxylic acids is 1. The first-order valence-electron chi connectivity index (χ1n) is 4.88. The number of nitrogens with one attached hydrogen (secondary N) is 1. The smallest absolute Gasteiger partial charge is 0.306 e. The van der Waals surface area contributed by atoms with Crippen LogP contribution in [0.5, 0.6) is 0 Å². The molecular formula is C10H14F2N2O2. The number of nitrogens with zero attached hydrogens (tertiary/aromatic N) is 1. The van der Waals surface area contributed by atoms with Crippen molar-refractivity contribution in [2.45, 2.75) is 33.1 Å². The van der Waals surface area contributed by atoms with Crippen molar-refractivity contribution in [2.24, 2.45) is 5.92 Å². The molecule has 1 atom stereocenters. The molecule has 16 heavy (non-hydrogen) atoms. The van der Waals surface area contributed by atoms with Crippen molar-refractivity contribution < 1.29 is 18.7 Å². The van der Waals surface area contributed by atoms with Crippen molar-refractivity contribution in [1.82, 2.24) is 9.97 Å². The van der Waals surface area contributed by atoms with Gasteiger partial charge in [-0.25, -0.2) is 4.98 Å². The van der Waals surface area contributed by atoms with Crippen LogP contribution in [0.15, 0.2) is 0 Å². The number of rotatable bonds is 4. The van der Waals surface area contributed by atoms with E-state index in [0.717, 1.165) is 6.92 Å². The molecule has 0 fully saturated rings. The average Bonchev–Trinajstić information content (AvgIpc) is 2.45. The Kier molecular flexibility index (Phi) is 3.30. The molecule has 90 valence electrons. The highest BCUT2D eigenvalue weighted by Gasteiger charge is 2.30. The third-order valence-electron chi connectivity index (χ3n) is 2.27. The van der Waals surface area contributed by atoms with Crippen molar-refractivity contribution in [1.29, 1.82) is 0 Å². The van der Waals surface area contributed by atoms with Crippen LogP contribution in [0.25, 0.3) is 0 Å². The fourth-order valence-corrected chi connectivity index (χ4v) is 1.42. The highest BCUT2D eigenvalue weighted by molar-refractivity contribution is 5.69. The van der Waals surface area contributed by atoms with Crippen LogP contribution >= 0.6 is 0 Å². The minimum absolute atomic E-state index is 0.117. The van der Waals surface area contributed by atoms with E-state index in [1.165, 1.54) is 13.8 Å². The molecule has 1 aromatic heterocycles. The SMILES string of the molecule is Cc1[nH]c(CC(C)C(=O)O)nc1C(C)(F)F. The number of carboxylic acids is 1. The zero-order chi connectivity index (χ0) is 12.5. The molecule has 0 aliphatic heterocycles. The first-order valence-corrected chi connectivity index (χ1v) is 4.88. The quantitative estimate of drug-likeness (QED) is 0.835. The van der Waals surface area contributed by atoms with Gasteiger partial charge in [0.25, 0.3) is 5.92 Å². The van der Waals surface area contributed by atoms with Gasteiger partial charge in [0.05, 0.1) is 5.92 Å². The lowest BCUT2D eigenvalue weighted by molar-refractivity contribution is -0.141. The van der Waals surface area contributed by atoms with Gasteiger partial charge in [0.1, 0.15) is 11.5 Å². The van der Waals surface area contributed by atoms with Gasteiger partial charge in [-0.1, -0.05) is 6.92 Å². The van der Waals surface area contributed by atoms with E-state index in [0.29, 0.717) is 0 Å². The number of imidazole rings is 1. The standard InChI is InChI=1S/C10H14F2N2O2/c1-5(9(15)16)4-7-13-6(2)8(14-7)10(3,11)12/h5H,4H2,1-3H3,(H,13,14)(H,15,16). The number of carbonyl (C=O) groups is 1. The fourth-order valence-electron chi connectivity index (χ4n) is 1.42. The Morgan fingerprint density at radius 1 is 1.62 bits per heavy atom. The molecule has 0 amide bonds. The second-order valence-corrected chi connectivity index (χ2v) is 3.99. The molecule has 0 aliphatic carbocycles. The van der Waals surface area contributed by atoms with Crippen molar-refractivity contribution in [3.63, 3.8) is 0 Å². The summed E-state index contributed by atoms with van der Waals surface area (Å²) in [5, 5.41) is 8.69. The summed E-state index contributed by atoms with van der Waals surface area (Å²) in [4.78, 5) is 17.0. The number of hydrogen-bond acceptors (Lipinski definition) is 2. The molecule has 0 spiro atoms. The second-order valence-electron chi connectivity index (χ2n) is 3.99. The Bertz CT molecular complexity index is 396. The van der Waals surface area contributed by atoms with Gasteiger partial charge in [-0.3, -0.25) is 4.79 Å². The van der Waals surface area contributed by atoms with Crippen LogP contribution in [0.3, 0.4) is 0 Å². The van der Waals surface area contributed by atoms with E-state index in [-0.39, 0.29) is 23.6 Å². The normalized spacial score (nSPS) is 13.8. The molecule has 0 aromatic carbocycles. The maximum atomic E-state index is 13.0. The summed E-state index contributed by atoms with van der Waals surface area (Å²) >= 11 is 0. The van der Waals surface area contributed by atoms with E-state index < -0.39 is 17.8 Å². The summed E-state index contributed by atoms with van der Waals surface area (Å²) in [5.74, 6) is -4.35. The monoisotopic (exact) mass is 232 g/mol. The second kappa shape index (κ2) is 4.19. The maximum Gasteiger partial charge on any atom is 0.306 e. The van der Waals surface area contributed by atoms with Gasteiger partial charge in [-0.15, -0.1) is 0 Å². The molecular weight excluding hydrogens is 218 g/mol. The highest BCUT2D eigenvalue weighted by Crippen LogP contribution is 2.28. The minimum Gasteiger partial charge on any atom is -0.481 e. The lowest BCUT2D eigenvalue weighted by Crippen LogP contribution is -2.13. The summed E-state index contributed by atoms with van der Waals surface area (Å²) in [6, 6.07) is 0. The van der Waals surface area contributed by atoms with Crippen LogP contribution in [0.2, 0.25) is 0 Å². The van der Waals surface area contributed by atoms with Gasteiger partial charge in [0.15, 0.2) is 0 Å². The van der Waals surface area contributed by atoms with Crippen molar-refractivity contribution in [3.8, 4) is 0 Å². The number of hydrogen-bond donors (Lipinski definition) is 2. The predicted octanol–water partition coefficient (Wildman–Crippen LogP) is 2.09. The minimum atomic E-state index is -3.01. The zero-order valence-electron chi connectivity index (χ0n) is 9.34. The van der Waals surface area contributed by atoms with Crippen molar-refractivity contribution in [3.05, 3.63) is 17.2 Å². The number of halogens is 2. The van der Waals surface area contributed by atoms with Crippen LogP contribution in [0.4, 0.5) is 8.78 Å². The van der Waals surface area contributed by atoms with Crippen molar-refractivity contribution in [2.75, 3.05) is 0 Å². The number of aryl methyl sites for hydroxylation is 1. The average molecular weight is 232 g/mol. The molecule has 4 nitrogen and oxygen atoms in total. The Morgan fingerprint density at radius 2 is 2.19 bits per heavy atom. The Morgan fingerprint density at radius 3 is 2.56 bits per heavy atom. The molecule has 0 bridgehead atoms. The molecule has 0 radical (unpaired) electrons. The molecule has 0 saturated carbocycles. The molecule has 2 N–H and O–H groups in total. The summed E-state index contributed by atoms with van der Waals surface area (Å²) in [5.41, 5.74) is -0.0415. The van der Waals surface area contributed by atoms with Gasteiger partial charge in [-0.2, -0.15) is 8.78 Å². The molecule has 1 rings (SSSR count). The topological polar surface area (TPSA) is 66.0 Å². The highest BCUT2D eigenvalue weighted by atomic mass is 19.3. The van der Waals surface area contributed by atoms with Gasteiger partial charge in [0.2, 0.25) is 0 Å². The summed E-state index contributed by atoms with van der Waals surface area (Å²) < 4.78 is 26.1. The van der Waals surface area contributed by atoms with E-state index in [2.05, 4.69) is 9.97 Å². The fraction of sp³-hybridized carbons (Fsp3) is 0.600. The van der Waals surface area contributed by atoms with Crippen molar-refractivity contribution >= 4 is 5.97 Å². The number of H-pyrrole nitrogens is 1. The Hall–Kier alpha value is -1.46. The first kappa shape index (κ1) is 12.6. The Labute approximate surface area is 91.7 Å². The number of carboxylic acid groups (broad SMARTS) is 1. The molecule has 0 saturated heterocycles. The van der Waals surface area contributed by atoms with Gasteiger partial charge >= 0.3 is 5.97 Å². The Balaban J connectivity index is 2.90. The number of alkyl halides is 2. The largest absolute Gasteiger partial charge is 0.481 e. The summed E-state index contributed by atoms with van der Waals surface area (Å²) in [7, 11) is 0. The third kappa shape index (κ3) is 2.77. The molecule has 1 unspecified atom stereocenters. The first-order chi connectivity index (χ1) is 7.21. The van der Waals surface area contributed by atoms with E-state index >= 15 is 0 Å². The third-order valence-corrected chi connectivity index (χ3v) is 2.27. The van der Waals surface area contributed by atoms with Gasteiger partial charge < -0.3 is 10.1 Å². The molecule has 6 heteroatoms. The van der Waals surface area contributed by atoms with Crippen LogP contribution in [-0.4, -0.2) is 21.0 Å². The molecule has 0 aliphatic rings. The zero-order valence-corrected chi connectivity index (χ0v) is 9.34. The number of aromatic amines is 1. The van der Waals surface area contributed by atoms with Crippen LogP contribution in [-0.2, 0) is 17.1 Å². The van der Waals surface area contributed by atoms with E-state index in [1.54, 1.807) is 0 Å². The van der Waals surface area contributed by atoms with Gasteiger partial charge in [0, 0.05) is 19.0 Å². The maximum absolute atomic E-state index is 13.0. The van der Waals surface area contributed by atoms with Crippen LogP contribution in [0, 0.1) is 12.8 Å². The van der Waals surface area contributed by atoms with Gasteiger partial charge in [-0.05, 0) is 6.92 Å². The lowest BCUT2D eigenvalue weighted by atomic mass is 10.1. The van der Waals surface area contributed by atoms with E-state index in [9.17, 15) is 13.6 Å². The van der Waals surface area contributed by atoms with E-state index in [4.69, 9.17) is 5.11 Å². The van der Waals surface area contributed by atoms with Crippen LogP contribution in [0.1, 0.15) is 31.1 Å².